The second-order valence-electron chi connectivity index (χ2n) is 4.44. The Hall–Kier alpha value is -2.02. The standard InChI is InChI=1S/C10H13N7/c1-10(2,11-3)9-16-15-8-6-7(13-4-12-6)14-5-17(8)9/h4-5,11H,1-3H3,(H,12,13). The maximum absolute atomic E-state index is 4.26. The van der Waals surface area contributed by atoms with E-state index in [4.69, 9.17) is 0 Å². The molecule has 0 amide bonds. The van der Waals surface area contributed by atoms with Crippen LogP contribution in [0, 0.1) is 0 Å². The summed E-state index contributed by atoms with van der Waals surface area (Å²) in [5.41, 5.74) is 1.93. The van der Waals surface area contributed by atoms with Crippen LogP contribution in [0.5, 0.6) is 0 Å². The monoisotopic (exact) mass is 231 g/mol. The average Bonchev–Trinajstić information content (AvgIpc) is 2.94. The Morgan fingerprint density at radius 2 is 2.12 bits per heavy atom. The number of hydrogen-bond donors (Lipinski definition) is 2. The summed E-state index contributed by atoms with van der Waals surface area (Å²) < 4.78 is 1.87. The molecule has 0 atom stereocenters. The molecule has 0 saturated carbocycles. The molecule has 3 heterocycles. The minimum Gasteiger partial charge on any atom is -0.340 e. The highest BCUT2D eigenvalue weighted by Crippen LogP contribution is 2.20. The van der Waals surface area contributed by atoms with Gasteiger partial charge in [0.05, 0.1) is 11.9 Å². The lowest BCUT2D eigenvalue weighted by Crippen LogP contribution is -2.35. The van der Waals surface area contributed by atoms with Crippen LogP contribution < -0.4 is 5.32 Å². The highest BCUT2D eigenvalue weighted by Gasteiger charge is 2.25. The van der Waals surface area contributed by atoms with Gasteiger partial charge in [0.1, 0.15) is 11.8 Å². The zero-order valence-electron chi connectivity index (χ0n) is 9.89. The third-order valence-corrected chi connectivity index (χ3v) is 3.02. The van der Waals surface area contributed by atoms with E-state index in [0.717, 1.165) is 17.0 Å². The van der Waals surface area contributed by atoms with Crippen molar-refractivity contribution in [2.45, 2.75) is 19.4 Å². The first-order valence-electron chi connectivity index (χ1n) is 5.35. The number of nitrogens with one attached hydrogen (secondary N) is 2. The van der Waals surface area contributed by atoms with Crippen LogP contribution in [-0.2, 0) is 5.54 Å². The lowest BCUT2D eigenvalue weighted by molar-refractivity contribution is 0.412. The number of imidazole rings is 1. The minimum absolute atomic E-state index is 0.269. The zero-order valence-corrected chi connectivity index (χ0v) is 9.89. The van der Waals surface area contributed by atoms with E-state index in [2.05, 4.69) is 30.5 Å². The quantitative estimate of drug-likeness (QED) is 0.669. The van der Waals surface area contributed by atoms with Gasteiger partial charge in [0.2, 0.25) is 0 Å². The third kappa shape index (κ3) is 1.32. The van der Waals surface area contributed by atoms with Gasteiger partial charge in [0, 0.05) is 0 Å². The molecular weight excluding hydrogens is 218 g/mol. The number of aromatic nitrogens is 6. The van der Waals surface area contributed by atoms with Gasteiger partial charge >= 0.3 is 0 Å². The summed E-state index contributed by atoms with van der Waals surface area (Å²) in [6.45, 7) is 4.08. The largest absolute Gasteiger partial charge is 0.340 e. The minimum atomic E-state index is -0.269. The molecule has 3 aromatic heterocycles. The van der Waals surface area contributed by atoms with Crippen LogP contribution in [0.15, 0.2) is 12.7 Å². The zero-order chi connectivity index (χ0) is 12.0. The molecule has 0 radical (unpaired) electrons. The molecule has 3 aromatic rings. The van der Waals surface area contributed by atoms with Gasteiger partial charge in [-0.15, -0.1) is 10.2 Å². The number of nitrogens with zero attached hydrogens (tertiary/aromatic N) is 5. The summed E-state index contributed by atoms with van der Waals surface area (Å²) >= 11 is 0. The first kappa shape index (κ1) is 10.2. The summed E-state index contributed by atoms with van der Waals surface area (Å²) in [5, 5.41) is 11.6. The van der Waals surface area contributed by atoms with Gasteiger partial charge in [-0.2, -0.15) is 0 Å². The number of hydrogen-bond acceptors (Lipinski definition) is 5. The van der Waals surface area contributed by atoms with Crippen LogP contribution in [0.1, 0.15) is 19.7 Å². The average molecular weight is 231 g/mol. The molecule has 0 spiro atoms. The summed E-state index contributed by atoms with van der Waals surface area (Å²) in [7, 11) is 1.89. The van der Waals surface area contributed by atoms with E-state index in [1.165, 1.54) is 0 Å². The maximum atomic E-state index is 4.26. The molecule has 17 heavy (non-hydrogen) atoms. The fourth-order valence-electron chi connectivity index (χ4n) is 1.77. The Bertz CT molecular complexity index is 678. The SMILES string of the molecule is CNC(C)(C)c1nnc2c3[nH]cnc3ncn12. The van der Waals surface area contributed by atoms with Gasteiger partial charge in [0.25, 0.3) is 0 Å². The van der Waals surface area contributed by atoms with E-state index in [0.29, 0.717) is 5.65 Å². The Morgan fingerprint density at radius 1 is 1.29 bits per heavy atom. The predicted molar refractivity (Wildman–Crippen MR) is 62.5 cm³/mol. The molecule has 7 nitrogen and oxygen atoms in total. The van der Waals surface area contributed by atoms with Crippen LogP contribution in [0.2, 0.25) is 0 Å². The van der Waals surface area contributed by atoms with Crippen molar-refractivity contribution in [3.05, 3.63) is 18.5 Å². The van der Waals surface area contributed by atoms with Crippen LogP contribution in [0.3, 0.4) is 0 Å². The van der Waals surface area contributed by atoms with Crippen molar-refractivity contribution in [3.63, 3.8) is 0 Å². The number of aromatic amines is 1. The van der Waals surface area contributed by atoms with Gasteiger partial charge in [-0.3, -0.25) is 4.40 Å². The Labute approximate surface area is 97.3 Å². The highest BCUT2D eigenvalue weighted by atomic mass is 15.3. The van der Waals surface area contributed by atoms with Crippen LogP contribution in [0.4, 0.5) is 0 Å². The first-order valence-corrected chi connectivity index (χ1v) is 5.35. The number of fused-ring (bicyclic) bond motifs is 3. The molecule has 0 bridgehead atoms. The second-order valence-corrected chi connectivity index (χ2v) is 4.44. The summed E-state index contributed by atoms with van der Waals surface area (Å²) in [4.78, 5) is 11.4. The molecule has 0 unspecified atom stereocenters. The molecule has 7 heteroatoms. The van der Waals surface area contributed by atoms with Gasteiger partial charge < -0.3 is 10.3 Å². The number of rotatable bonds is 2. The molecule has 0 aliphatic carbocycles. The van der Waals surface area contributed by atoms with Crippen LogP contribution in [-0.4, -0.2) is 36.6 Å². The van der Waals surface area contributed by atoms with Crippen molar-refractivity contribution < 1.29 is 0 Å². The molecule has 2 N–H and O–H groups in total. The summed E-state index contributed by atoms with van der Waals surface area (Å²) in [6.07, 6.45) is 3.31. The van der Waals surface area contributed by atoms with Gasteiger partial charge in [-0.25, -0.2) is 9.97 Å². The van der Waals surface area contributed by atoms with E-state index in [9.17, 15) is 0 Å². The van der Waals surface area contributed by atoms with Gasteiger partial charge in [-0.1, -0.05) is 0 Å². The number of H-pyrrole nitrogens is 1. The molecular formula is C10H13N7. The molecule has 0 saturated heterocycles. The Morgan fingerprint density at radius 3 is 2.88 bits per heavy atom. The van der Waals surface area contributed by atoms with E-state index >= 15 is 0 Å². The topological polar surface area (TPSA) is 83.8 Å². The lowest BCUT2D eigenvalue weighted by Gasteiger charge is -2.21. The normalized spacial score (nSPS) is 12.6. The van der Waals surface area contributed by atoms with Crippen molar-refractivity contribution in [3.8, 4) is 0 Å². The van der Waals surface area contributed by atoms with E-state index in [1.54, 1.807) is 12.7 Å². The van der Waals surface area contributed by atoms with Crippen LogP contribution in [0.25, 0.3) is 16.8 Å². The lowest BCUT2D eigenvalue weighted by atomic mass is 10.1. The van der Waals surface area contributed by atoms with Crippen molar-refractivity contribution >= 4 is 16.8 Å². The summed E-state index contributed by atoms with van der Waals surface area (Å²) in [5.74, 6) is 0.819. The first-order chi connectivity index (χ1) is 8.13. The molecule has 0 aliphatic heterocycles. The maximum Gasteiger partial charge on any atom is 0.189 e. The molecule has 88 valence electrons. The fourth-order valence-corrected chi connectivity index (χ4v) is 1.77. The molecule has 0 aliphatic rings. The van der Waals surface area contributed by atoms with E-state index < -0.39 is 0 Å². The smallest absolute Gasteiger partial charge is 0.189 e. The predicted octanol–water partition coefficient (Wildman–Crippen LogP) is 0.455. The van der Waals surface area contributed by atoms with Crippen molar-refractivity contribution in [1.29, 1.82) is 0 Å². The Balaban J connectivity index is 2.36. The van der Waals surface area contributed by atoms with Gasteiger partial charge in [-0.05, 0) is 20.9 Å². The van der Waals surface area contributed by atoms with Crippen molar-refractivity contribution in [2.75, 3.05) is 7.05 Å². The molecule has 3 rings (SSSR count). The van der Waals surface area contributed by atoms with E-state index in [1.807, 2.05) is 25.3 Å². The second kappa shape index (κ2) is 3.24. The third-order valence-electron chi connectivity index (χ3n) is 3.02. The van der Waals surface area contributed by atoms with Crippen LogP contribution >= 0.6 is 0 Å². The molecule has 0 fully saturated rings. The van der Waals surface area contributed by atoms with E-state index in [-0.39, 0.29) is 5.54 Å². The van der Waals surface area contributed by atoms with Gasteiger partial charge in [0.15, 0.2) is 17.1 Å². The fraction of sp³-hybridized carbons (Fsp3) is 0.400. The highest BCUT2D eigenvalue weighted by molar-refractivity contribution is 5.84. The van der Waals surface area contributed by atoms with Crippen molar-refractivity contribution in [1.82, 2.24) is 34.9 Å². The Kier molecular flexibility index (Phi) is 1.93. The molecule has 0 aromatic carbocycles. The summed E-state index contributed by atoms with van der Waals surface area (Å²) in [6, 6.07) is 0. The van der Waals surface area contributed by atoms with Crippen molar-refractivity contribution in [2.24, 2.45) is 0 Å².